The van der Waals surface area contributed by atoms with E-state index < -0.39 is 46.0 Å². The van der Waals surface area contributed by atoms with Crippen molar-refractivity contribution in [2.24, 2.45) is 0 Å². The van der Waals surface area contributed by atoms with Gasteiger partial charge in [-0.25, -0.2) is 9.59 Å². The summed E-state index contributed by atoms with van der Waals surface area (Å²) in [5, 5.41) is 36.7. The summed E-state index contributed by atoms with van der Waals surface area (Å²) in [6.45, 7) is 0. The summed E-state index contributed by atoms with van der Waals surface area (Å²) in [5.74, 6) is -7.98. The Bertz CT molecular complexity index is 1100. The van der Waals surface area contributed by atoms with Gasteiger partial charge in [0.15, 0.2) is 5.43 Å². The quantitative estimate of drug-likeness (QED) is 0.275. The van der Waals surface area contributed by atoms with Gasteiger partial charge in [0.05, 0.1) is 5.56 Å². The SMILES string of the molecule is O=C(O)C(=O)C=C(O)c1ccc2[nH]cc(C(O)=CC(=O)C(=O)O)c(=O)c2c1. The highest BCUT2D eigenvalue weighted by Crippen LogP contribution is 2.18. The molecule has 0 radical (unpaired) electrons. The molecule has 10 heteroatoms. The molecule has 1 heterocycles. The van der Waals surface area contributed by atoms with Crippen molar-refractivity contribution in [3.8, 4) is 0 Å². The number of rotatable bonds is 6. The molecule has 5 N–H and O–H groups in total. The normalized spacial score (nSPS) is 12.0. The number of carboxylic acids is 2. The van der Waals surface area contributed by atoms with E-state index in [0.717, 1.165) is 12.3 Å². The predicted octanol–water partition coefficient (Wildman–Crippen LogP) is 0.633. The molecule has 0 amide bonds. The second-order valence-electron chi connectivity index (χ2n) is 5.19. The Labute approximate surface area is 149 Å². The van der Waals surface area contributed by atoms with Crippen LogP contribution in [0.1, 0.15) is 11.1 Å². The molecule has 0 fully saturated rings. The first-order valence-electron chi connectivity index (χ1n) is 7.14. The van der Waals surface area contributed by atoms with Crippen molar-refractivity contribution < 1.29 is 39.6 Å². The average molecular weight is 373 g/mol. The molecule has 1 aromatic heterocycles. The van der Waals surface area contributed by atoms with Gasteiger partial charge in [0.1, 0.15) is 11.5 Å². The Morgan fingerprint density at radius 1 is 0.852 bits per heavy atom. The number of aromatic nitrogens is 1. The zero-order valence-electron chi connectivity index (χ0n) is 13.3. The van der Waals surface area contributed by atoms with Crippen molar-refractivity contribution in [1.82, 2.24) is 4.98 Å². The summed E-state index contributed by atoms with van der Waals surface area (Å²) >= 11 is 0. The van der Waals surface area contributed by atoms with E-state index in [4.69, 9.17) is 10.2 Å². The van der Waals surface area contributed by atoms with Crippen molar-refractivity contribution in [2.75, 3.05) is 0 Å². The summed E-state index contributed by atoms with van der Waals surface area (Å²) in [7, 11) is 0. The first-order chi connectivity index (χ1) is 12.6. The summed E-state index contributed by atoms with van der Waals surface area (Å²) in [4.78, 5) is 58.4. The standard InChI is InChI=1S/C17H11NO9/c19-11(4-13(21)16(24)25)7-1-2-10-8(3-7)15(23)9(6-18-10)12(20)5-14(22)17(26)27/h1-6,19-20H,(H,18,23)(H,24,25)(H,26,27). The van der Waals surface area contributed by atoms with E-state index in [1.165, 1.54) is 12.1 Å². The molecule has 0 aliphatic rings. The van der Waals surface area contributed by atoms with Gasteiger partial charge in [-0.05, 0) is 18.2 Å². The van der Waals surface area contributed by atoms with Crippen molar-refractivity contribution in [3.63, 3.8) is 0 Å². The number of aliphatic hydroxyl groups is 2. The van der Waals surface area contributed by atoms with Gasteiger partial charge in [-0.2, -0.15) is 0 Å². The number of pyridine rings is 1. The van der Waals surface area contributed by atoms with Crippen LogP contribution in [0.15, 0.2) is 41.3 Å². The maximum atomic E-state index is 12.5. The third-order valence-electron chi connectivity index (χ3n) is 3.41. The van der Waals surface area contributed by atoms with Gasteiger partial charge in [-0.15, -0.1) is 0 Å². The molecule has 27 heavy (non-hydrogen) atoms. The summed E-state index contributed by atoms with van der Waals surface area (Å²) in [6.07, 6.45) is 1.89. The maximum Gasteiger partial charge on any atom is 0.376 e. The lowest BCUT2D eigenvalue weighted by Crippen LogP contribution is -2.13. The number of hydrogen-bond donors (Lipinski definition) is 5. The Morgan fingerprint density at radius 3 is 1.96 bits per heavy atom. The summed E-state index contributed by atoms with van der Waals surface area (Å²) < 4.78 is 0. The van der Waals surface area contributed by atoms with Gasteiger partial charge in [0.25, 0.3) is 11.6 Å². The molecule has 2 rings (SSSR count). The minimum Gasteiger partial charge on any atom is -0.507 e. The predicted molar refractivity (Wildman–Crippen MR) is 91.1 cm³/mol. The smallest absolute Gasteiger partial charge is 0.376 e. The second-order valence-corrected chi connectivity index (χ2v) is 5.19. The number of carbonyl (C=O) groups excluding carboxylic acids is 2. The Balaban J connectivity index is 2.58. The van der Waals surface area contributed by atoms with Crippen molar-refractivity contribution >= 4 is 45.9 Å². The van der Waals surface area contributed by atoms with Gasteiger partial charge in [0.2, 0.25) is 0 Å². The van der Waals surface area contributed by atoms with E-state index in [1.54, 1.807) is 0 Å². The molecule has 0 saturated carbocycles. The highest BCUT2D eigenvalue weighted by Gasteiger charge is 2.15. The Morgan fingerprint density at radius 2 is 1.41 bits per heavy atom. The van der Waals surface area contributed by atoms with Crippen LogP contribution >= 0.6 is 0 Å². The van der Waals surface area contributed by atoms with Crippen LogP contribution in [-0.2, 0) is 19.2 Å². The highest BCUT2D eigenvalue weighted by molar-refractivity contribution is 6.39. The van der Waals surface area contributed by atoms with E-state index in [-0.39, 0.29) is 16.5 Å². The van der Waals surface area contributed by atoms with E-state index in [0.29, 0.717) is 12.2 Å². The molecule has 0 bridgehead atoms. The number of nitrogens with one attached hydrogen (secondary N) is 1. The molecule has 0 aliphatic heterocycles. The van der Waals surface area contributed by atoms with Crippen molar-refractivity contribution in [3.05, 3.63) is 57.9 Å². The minimum absolute atomic E-state index is 0.0511. The first-order valence-corrected chi connectivity index (χ1v) is 7.14. The summed E-state index contributed by atoms with van der Waals surface area (Å²) in [5.41, 5.74) is -0.985. The first kappa shape index (κ1) is 19.1. The molecule has 0 unspecified atom stereocenters. The van der Waals surface area contributed by atoms with Crippen molar-refractivity contribution in [2.45, 2.75) is 0 Å². The zero-order chi connectivity index (χ0) is 20.3. The molecule has 0 spiro atoms. The third kappa shape index (κ3) is 4.07. The molecule has 2 aromatic rings. The number of ketones is 2. The van der Waals surface area contributed by atoms with Gasteiger partial charge >= 0.3 is 11.9 Å². The van der Waals surface area contributed by atoms with Gasteiger partial charge < -0.3 is 25.4 Å². The Kier molecular flexibility index (Phi) is 5.21. The highest BCUT2D eigenvalue weighted by atomic mass is 16.4. The van der Waals surface area contributed by atoms with Gasteiger partial charge in [-0.1, -0.05) is 0 Å². The maximum absolute atomic E-state index is 12.5. The fourth-order valence-corrected chi connectivity index (χ4v) is 2.10. The molecule has 0 saturated heterocycles. The Hall–Kier alpha value is -4.21. The van der Waals surface area contributed by atoms with Crippen LogP contribution in [0.2, 0.25) is 0 Å². The van der Waals surface area contributed by atoms with E-state index >= 15 is 0 Å². The largest absolute Gasteiger partial charge is 0.507 e. The van der Waals surface area contributed by atoms with Crippen LogP contribution in [0.25, 0.3) is 22.4 Å². The summed E-state index contributed by atoms with van der Waals surface area (Å²) in [6, 6.07) is 3.79. The topological polar surface area (TPSA) is 182 Å². The average Bonchev–Trinajstić information content (AvgIpc) is 2.61. The van der Waals surface area contributed by atoms with Gasteiger partial charge in [0, 0.05) is 34.8 Å². The monoisotopic (exact) mass is 373 g/mol. The number of hydrogen-bond acceptors (Lipinski definition) is 7. The lowest BCUT2D eigenvalue weighted by Gasteiger charge is -2.05. The molecule has 138 valence electrons. The number of carboxylic acid groups (broad SMARTS) is 2. The van der Waals surface area contributed by atoms with Crippen LogP contribution in [-0.4, -0.2) is 48.9 Å². The van der Waals surface area contributed by atoms with Crippen molar-refractivity contribution in [1.29, 1.82) is 0 Å². The fraction of sp³-hybridized carbons (Fsp3) is 0. The molecule has 1 aromatic carbocycles. The van der Waals surface area contributed by atoms with E-state index in [1.807, 2.05) is 0 Å². The minimum atomic E-state index is -1.82. The van der Waals surface area contributed by atoms with Gasteiger partial charge in [-0.3, -0.25) is 14.4 Å². The van der Waals surface area contributed by atoms with Crippen LogP contribution < -0.4 is 5.43 Å². The van der Waals surface area contributed by atoms with E-state index in [2.05, 4.69) is 4.98 Å². The lowest BCUT2D eigenvalue weighted by atomic mass is 10.1. The third-order valence-corrected chi connectivity index (χ3v) is 3.41. The molecule has 0 aliphatic carbocycles. The zero-order valence-corrected chi connectivity index (χ0v) is 13.3. The van der Waals surface area contributed by atoms with Crippen LogP contribution in [0, 0.1) is 0 Å². The van der Waals surface area contributed by atoms with Crippen LogP contribution in [0.5, 0.6) is 0 Å². The number of carbonyl (C=O) groups is 4. The molecular formula is C17H11NO9. The van der Waals surface area contributed by atoms with Crippen LogP contribution in [0.4, 0.5) is 0 Å². The number of aliphatic carboxylic acids is 2. The number of aromatic amines is 1. The van der Waals surface area contributed by atoms with Crippen LogP contribution in [0.3, 0.4) is 0 Å². The number of fused-ring (bicyclic) bond motifs is 1. The molecular weight excluding hydrogens is 362 g/mol. The lowest BCUT2D eigenvalue weighted by molar-refractivity contribution is -0.146. The number of aliphatic hydroxyl groups excluding tert-OH is 2. The molecule has 10 nitrogen and oxygen atoms in total. The number of benzene rings is 1. The number of H-pyrrole nitrogens is 1. The fourth-order valence-electron chi connectivity index (χ4n) is 2.10. The molecule has 0 atom stereocenters. The second kappa shape index (κ2) is 7.35. The van der Waals surface area contributed by atoms with E-state index in [9.17, 15) is 34.2 Å².